The lowest BCUT2D eigenvalue weighted by Gasteiger charge is -2.25. The van der Waals surface area contributed by atoms with Crippen molar-refractivity contribution in [2.24, 2.45) is 0 Å². The molecule has 0 aliphatic carbocycles. The van der Waals surface area contributed by atoms with Gasteiger partial charge < -0.3 is 0 Å². The van der Waals surface area contributed by atoms with Gasteiger partial charge in [-0.05, 0) is 48.9 Å². The van der Waals surface area contributed by atoms with Crippen LogP contribution in [0.1, 0.15) is 35.6 Å². The van der Waals surface area contributed by atoms with E-state index in [1.54, 1.807) is 5.57 Å². The molecule has 1 aliphatic heterocycles. The Morgan fingerprint density at radius 2 is 1.65 bits per heavy atom. The number of aryl methyl sites for hydroxylation is 2. The van der Waals surface area contributed by atoms with Crippen molar-refractivity contribution in [3.05, 3.63) is 70.3 Å². The van der Waals surface area contributed by atoms with Crippen LogP contribution in [0.25, 0.3) is 4.91 Å². The highest BCUT2D eigenvalue weighted by molar-refractivity contribution is 8.08. The predicted molar refractivity (Wildman–Crippen MR) is 89.1 cm³/mol. The minimum absolute atomic E-state index is 1.11. The molecule has 102 valence electrons. The molecular weight excluding hydrogens is 260 g/mol. The highest BCUT2D eigenvalue weighted by atomic mass is 32.2. The van der Waals surface area contributed by atoms with Crippen LogP contribution in [-0.4, -0.2) is 0 Å². The second-order valence-electron chi connectivity index (χ2n) is 5.44. The van der Waals surface area contributed by atoms with Crippen molar-refractivity contribution in [1.82, 2.24) is 0 Å². The van der Waals surface area contributed by atoms with Gasteiger partial charge in [-0.15, -0.1) is 0 Å². The molecule has 0 bridgehead atoms. The molecule has 1 heteroatoms. The zero-order valence-corrected chi connectivity index (χ0v) is 13.2. The molecule has 0 saturated heterocycles. The molecule has 0 N–H and O–H groups in total. The van der Waals surface area contributed by atoms with Crippen LogP contribution in [0.4, 0.5) is 0 Å². The Balaban J connectivity index is 2.12. The Morgan fingerprint density at radius 1 is 0.950 bits per heavy atom. The lowest BCUT2D eigenvalue weighted by atomic mass is 9.95. The van der Waals surface area contributed by atoms with Crippen molar-refractivity contribution in [2.45, 2.75) is 38.5 Å². The standard InChI is InChI=1S/C19H20S/c1-4-15-12-17-13(2)10-11-14(3)18(17)20-19(15)16-8-6-5-7-9-16/h5-11H,4,12H2,1-3H3. The number of fused-ring (bicyclic) bond motifs is 1. The zero-order valence-electron chi connectivity index (χ0n) is 12.4. The molecule has 0 aromatic heterocycles. The molecule has 2 aromatic rings. The quantitative estimate of drug-likeness (QED) is 0.672. The van der Waals surface area contributed by atoms with Gasteiger partial charge in [-0.1, -0.05) is 66.7 Å². The topological polar surface area (TPSA) is 0 Å². The number of thioether (sulfide) groups is 1. The Morgan fingerprint density at radius 3 is 2.35 bits per heavy atom. The van der Waals surface area contributed by atoms with Gasteiger partial charge in [0, 0.05) is 9.80 Å². The van der Waals surface area contributed by atoms with Gasteiger partial charge in [0.1, 0.15) is 0 Å². The number of rotatable bonds is 2. The second-order valence-corrected chi connectivity index (χ2v) is 6.46. The Hall–Kier alpha value is -1.47. The minimum Gasteiger partial charge on any atom is -0.0889 e. The van der Waals surface area contributed by atoms with E-state index in [0.29, 0.717) is 0 Å². The molecule has 0 spiro atoms. The van der Waals surface area contributed by atoms with E-state index < -0.39 is 0 Å². The highest BCUT2D eigenvalue weighted by Gasteiger charge is 2.21. The summed E-state index contributed by atoms with van der Waals surface area (Å²) in [6, 6.07) is 15.3. The van der Waals surface area contributed by atoms with E-state index in [0.717, 1.165) is 12.8 Å². The third-order valence-corrected chi connectivity index (χ3v) is 5.57. The van der Waals surface area contributed by atoms with E-state index >= 15 is 0 Å². The first-order chi connectivity index (χ1) is 9.70. The number of hydrogen-bond donors (Lipinski definition) is 0. The van der Waals surface area contributed by atoms with Crippen molar-refractivity contribution in [3.63, 3.8) is 0 Å². The van der Waals surface area contributed by atoms with E-state index in [4.69, 9.17) is 0 Å². The first kappa shape index (κ1) is 13.5. The molecular formula is C19H20S. The molecule has 3 rings (SSSR count). The zero-order chi connectivity index (χ0) is 14.1. The summed E-state index contributed by atoms with van der Waals surface area (Å²) in [5.74, 6) is 0. The number of hydrogen-bond acceptors (Lipinski definition) is 1. The van der Waals surface area contributed by atoms with Crippen LogP contribution in [0.5, 0.6) is 0 Å². The first-order valence-corrected chi connectivity index (χ1v) is 8.06. The summed E-state index contributed by atoms with van der Waals surface area (Å²) >= 11 is 1.96. The largest absolute Gasteiger partial charge is 0.0889 e. The van der Waals surface area contributed by atoms with Crippen LogP contribution in [0.2, 0.25) is 0 Å². The van der Waals surface area contributed by atoms with Gasteiger partial charge in [-0.2, -0.15) is 0 Å². The molecule has 0 atom stereocenters. The van der Waals surface area contributed by atoms with Gasteiger partial charge in [0.05, 0.1) is 0 Å². The normalized spacial score (nSPS) is 14.3. The smallest absolute Gasteiger partial charge is 0.0190 e. The molecule has 0 unspecified atom stereocenters. The molecule has 2 aromatic carbocycles. The first-order valence-electron chi connectivity index (χ1n) is 7.25. The van der Waals surface area contributed by atoms with Crippen molar-refractivity contribution in [1.29, 1.82) is 0 Å². The average Bonchev–Trinajstić information content (AvgIpc) is 2.51. The van der Waals surface area contributed by atoms with Crippen molar-refractivity contribution >= 4 is 16.7 Å². The molecule has 20 heavy (non-hydrogen) atoms. The maximum Gasteiger partial charge on any atom is 0.0190 e. The summed E-state index contributed by atoms with van der Waals surface area (Å²) < 4.78 is 0. The summed E-state index contributed by atoms with van der Waals surface area (Å²) in [7, 11) is 0. The lowest BCUT2D eigenvalue weighted by Crippen LogP contribution is -2.05. The van der Waals surface area contributed by atoms with Crippen LogP contribution >= 0.6 is 11.8 Å². The third kappa shape index (κ3) is 2.31. The summed E-state index contributed by atoms with van der Waals surface area (Å²) in [4.78, 5) is 2.94. The maximum absolute atomic E-state index is 2.27. The fraction of sp³-hybridized carbons (Fsp3) is 0.263. The fourth-order valence-electron chi connectivity index (χ4n) is 2.81. The van der Waals surface area contributed by atoms with Crippen LogP contribution in [0.15, 0.2) is 52.9 Å². The third-order valence-electron chi connectivity index (χ3n) is 4.07. The van der Waals surface area contributed by atoms with Gasteiger partial charge in [0.25, 0.3) is 0 Å². The maximum atomic E-state index is 2.27. The molecule has 1 aliphatic rings. The Bertz CT molecular complexity index is 666. The minimum atomic E-state index is 1.11. The average molecular weight is 280 g/mol. The highest BCUT2D eigenvalue weighted by Crippen LogP contribution is 2.46. The summed E-state index contributed by atoms with van der Waals surface area (Å²) in [6.07, 6.45) is 2.24. The predicted octanol–water partition coefficient (Wildman–Crippen LogP) is 5.77. The summed E-state index contributed by atoms with van der Waals surface area (Å²) in [5.41, 5.74) is 7.30. The molecule has 0 fully saturated rings. The lowest BCUT2D eigenvalue weighted by molar-refractivity contribution is 0.966. The molecule has 0 nitrogen and oxygen atoms in total. The van der Waals surface area contributed by atoms with E-state index in [-0.39, 0.29) is 0 Å². The van der Waals surface area contributed by atoms with E-state index in [1.165, 1.54) is 32.1 Å². The monoisotopic (exact) mass is 280 g/mol. The van der Waals surface area contributed by atoms with E-state index in [2.05, 4.69) is 63.2 Å². The van der Waals surface area contributed by atoms with Crippen LogP contribution in [-0.2, 0) is 6.42 Å². The number of allylic oxidation sites excluding steroid dienone is 1. The van der Waals surface area contributed by atoms with E-state index in [1.807, 2.05) is 11.8 Å². The van der Waals surface area contributed by atoms with Crippen LogP contribution in [0.3, 0.4) is 0 Å². The molecule has 0 amide bonds. The Labute approximate surface area is 125 Å². The van der Waals surface area contributed by atoms with Crippen molar-refractivity contribution in [2.75, 3.05) is 0 Å². The van der Waals surface area contributed by atoms with Crippen LogP contribution < -0.4 is 0 Å². The Kier molecular flexibility index (Phi) is 3.71. The van der Waals surface area contributed by atoms with Crippen LogP contribution in [0, 0.1) is 13.8 Å². The fourth-order valence-corrected chi connectivity index (χ4v) is 4.22. The van der Waals surface area contributed by atoms with Gasteiger partial charge >= 0.3 is 0 Å². The van der Waals surface area contributed by atoms with Crippen molar-refractivity contribution in [3.8, 4) is 0 Å². The molecule has 0 saturated carbocycles. The molecule has 0 radical (unpaired) electrons. The van der Waals surface area contributed by atoms with Gasteiger partial charge in [0.15, 0.2) is 0 Å². The van der Waals surface area contributed by atoms with Gasteiger partial charge in [-0.3, -0.25) is 0 Å². The number of benzene rings is 2. The summed E-state index contributed by atoms with van der Waals surface area (Å²) in [5, 5.41) is 0. The van der Waals surface area contributed by atoms with Crippen molar-refractivity contribution < 1.29 is 0 Å². The van der Waals surface area contributed by atoms with Gasteiger partial charge in [-0.25, -0.2) is 0 Å². The van der Waals surface area contributed by atoms with Gasteiger partial charge in [0.2, 0.25) is 0 Å². The summed E-state index contributed by atoms with van der Waals surface area (Å²) in [6.45, 7) is 6.74. The van der Waals surface area contributed by atoms with E-state index in [9.17, 15) is 0 Å². The second kappa shape index (κ2) is 5.49. The SMILES string of the molecule is CCC1=C(c2ccccc2)Sc2c(C)ccc(C)c2C1. The molecule has 1 heterocycles.